The van der Waals surface area contributed by atoms with Gasteiger partial charge in [-0.15, -0.1) is 0 Å². The van der Waals surface area contributed by atoms with Crippen LogP contribution in [-0.2, 0) is 10.0 Å². The molecule has 6 nitrogen and oxygen atoms in total. The van der Waals surface area contributed by atoms with Crippen LogP contribution in [0.1, 0.15) is 11.1 Å². The lowest BCUT2D eigenvalue weighted by atomic mass is 10.1. The molecule has 2 aromatic carbocycles. The number of benzene rings is 2. The average molecular weight is 341 g/mol. The minimum Gasteiger partial charge on any atom is -0.273 e. The molecular weight excluding hydrogens is 328 g/mol. The number of hydrogen-bond acceptors (Lipinski definition) is 4. The van der Waals surface area contributed by atoms with Crippen LogP contribution in [0, 0.1) is 24.0 Å². The largest absolute Gasteiger partial charge is 0.293 e. The van der Waals surface area contributed by atoms with Gasteiger partial charge in [0, 0.05) is 11.1 Å². The Morgan fingerprint density at radius 3 is 2.23 bits per heavy atom. The molecule has 0 aliphatic rings. The lowest BCUT2D eigenvalue weighted by Gasteiger charge is -2.12. The Labute approximate surface area is 132 Å². The van der Waals surface area contributed by atoms with Gasteiger partial charge in [-0.2, -0.15) is 0 Å². The van der Waals surface area contributed by atoms with E-state index in [1.165, 1.54) is 30.3 Å². The molecule has 0 aromatic heterocycles. The third-order valence-electron chi connectivity index (χ3n) is 3.27. The predicted molar refractivity (Wildman–Crippen MR) is 84.8 cm³/mol. The summed E-state index contributed by atoms with van der Waals surface area (Å²) in [6.45, 7) is 3.38. The number of nitrogens with zero attached hydrogens (tertiary/aromatic N) is 1. The highest BCUT2D eigenvalue weighted by Crippen LogP contribution is 2.32. The van der Waals surface area contributed by atoms with Crippen molar-refractivity contribution >= 4 is 33.0 Å². The van der Waals surface area contributed by atoms with Gasteiger partial charge in [0.15, 0.2) is 0 Å². The normalized spacial score (nSPS) is 11.2. The number of halogens is 1. The summed E-state index contributed by atoms with van der Waals surface area (Å²) >= 11 is 5.73. The van der Waals surface area contributed by atoms with Crippen LogP contribution in [0.3, 0.4) is 0 Å². The third kappa shape index (κ3) is 3.20. The molecule has 0 bridgehead atoms. The smallest absolute Gasteiger partial charge is 0.273 e. The summed E-state index contributed by atoms with van der Waals surface area (Å²) in [6, 6.07) is 8.40. The second-order valence-electron chi connectivity index (χ2n) is 4.72. The summed E-state index contributed by atoms with van der Waals surface area (Å²) in [5, 5.41) is 11.5. The molecule has 22 heavy (non-hydrogen) atoms. The lowest BCUT2D eigenvalue weighted by molar-refractivity contribution is -0.383. The molecule has 0 radical (unpaired) electrons. The van der Waals surface area contributed by atoms with Crippen LogP contribution in [0.15, 0.2) is 41.3 Å². The predicted octanol–water partition coefficient (Wildman–Crippen LogP) is 3.67. The fourth-order valence-electron chi connectivity index (χ4n) is 1.89. The summed E-state index contributed by atoms with van der Waals surface area (Å²) in [4.78, 5) is 10.5. The number of anilines is 1. The van der Waals surface area contributed by atoms with Crippen LogP contribution < -0.4 is 4.72 Å². The van der Waals surface area contributed by atoms with Gasteiger partial charge in [-0.25, -0.2) is 8.42 Å². The van der Waals surface area contributed by atoms with Crippen molar-refractivity contribution in [1.29, 1.82) is 0 Å². The Hall–Kier alpha value is -2.12. The van der Waals surface area contributed by atoms with E-state index in [-0.39, 0.29) is 16.3 Å². The second-order valence-corrected chi connectivity index (χ2v) is 6.84. The van der Waals surface area contributed by atoms with Crippen molar-refractivity contribution in [2.75, 3.05) is 4.72 Å². The molecule has 0 unspecified atom stereocenters. The van der Waals surface area contributed by atoms with Crippen molar-refractivity contribution in [3.05, 3.63) is 62.7 Å². The van der Waals surface area contributed by atoms with Gasteiger partial charge in [-0.3, -0.25) is 14.8 Å². The Morgan fingerprint density at radius 2 is 1.68 bits per heavy atom. The zero-order chi connectivity index (χ0) is 16.5. The van der Waals surface area contributed by atoms with Gasteiger partial charge in [0.25, 0.3) is 15.7 Å². The van der Waals surface area contributed by atoms with Crippen LogP contribution in [-0.4, -0.2) is 13.3 Å². The molecule has 0 aliphatic carbocycles. The molecular formula is C14H13ClN2O4S. The highest BCUT2D eigenvalue weighted by Gasteiger charge is 2.23. The summed E-state index contributed by atoms with van der Waals surface area (Å²) in [5.41, 5.74) is 0.937. The highest BCUT2D eigenvalue weighted by molar-refractivity contribution is 7.92. The quantitative estimate of drug-likeness (QED) is 0.679. The van der Waals surface area contributed by atoms with E-state index < -0.39 is 14.9 Å². The van der Waals surface area contributed by atoms with Gasteiger partial charge in [0.1, 0.15) is 5.69 Å². The number of nitro benzene ring substituents is 1. The first-order chi connectivity index (χ1) is 10.2. The van der Waals surface area contributed by atoms with Crippen LogP contribution >= 0.6 is 11.6 Å². The lowest BCUT2D eigenvalue weighted by Crippen LogP contribution is -2.15. The molecule has 2 rings (SSSR count). The number of nitro groups is 1. The first kappa shape index (κ1) is 16.3. The maximum atomic E-state index is 12.4. The van der Waals surface area contributed by atoms with Crippen molar-refractivity contribution in [1.82, 2.24) is 0 Å². The zero-order valence-corrected chi connectivity index (χ0v) is 13.4. The maximum Gasteiger partial charge on any atom is 0.293 e. The molecule has 0 fully saturated rings. The molecule has 1 N–H and O–H groups in total. The Balaban J connectivity index is 2.52. The fraction of sp³-hybridized carbons (Fsp3) is 0.143. The second kappa shape index (κ2) is 5.94. The molecule has 2 aromatic rings. The number of nitrogens with one attached hydrogen (secondary N) is 1. The van der Waals surface area contributed by atoms with Gasteiger partial charge < -0.3 is 0 Å². The molecule has 0 saturated heterocycles. The van der Waals surface area contributed by atoms with Gasteiger partial charge >= 0.3 is 0 Å². The van der Waals surface area contributed by atoms with E-state index in [2.05, 4.69) is 4.72 Å². The summed E-state index contributed by atoms with van der Waals surface area (Å²) < 4.78 is 27.0. The molecule has 8 heteroatoms. The minimum absolute atomic E-state index is 0.0212. The number of hydrogen-bond donors (Lipinski definition) is 1. The van der Waals surface area contributed by atoms with Crippen molar-refractivity contribution < 1.29 is 13.3 Å². The standard InChI is InChI=1S/C14H13ClN2O4S/c1-9-3-8-13(17(18)19)14(10(9)2)16-22(20,21)12-6-4-11(15)5-7-12/h3-8,16H,1-2H3. The van der Waals surface area contributed by atoms with Crippen molar-refractivity contribution in [3.8, 4) is 0 Å². The van der Waals surface area contributed by atoms with Crippen molar-refractivity contribution in [3.63, 3.8) is 0 Å². The van der Waals surface area contributed by atoms with E-state index >= 15 is 0 Å². The molecule has 0 aliphatic heterocycles. The maximum absolute atomic E-state index is 12.4. The van der Waals surface area contributed by atoms with Crippen LogP contribution in [0.2, 0.25) is 5.02 Å². The highest BCUT2D eigenvalue weighted by atomic mass is 35.5. The summed E-state index contributed by atoms with van der Waals surface area (Å²) in [7, 11) is -3.94. The molecule has 0 amide bonds. The Bertz CT molecular complexity index is 833. The minimum atomic E-state index is -3.94. The van der Waals surface area contributed by atoms with Gasteiger partial charge in [-0.1, -0.05) is 17.7 Å². The van der Waals surface area contributed by atoms with E-state index in [0.717, 1.165) is 5.56 Å². The van der Waals surface area contributed by atoms with Crippen LogP contribution in [0.25, 0.3) is 0 Å². The van der Waals surface area contributed by atoms with E-state index in [1.807, 2.05) is 0 Å². The monoisotopic (exact) mass is 340 g/mol. The van der Waals surface area contributed by atoms with Gasteiger partial charge in [0.2, 0.25) is 0 Å². The van der Waals surface area contributed by atoms with E-state index in [4.69, 9.17) is 11.6 Å². The SMILES string of the molecule is Cc1ccc([N+](=O)[O-])c(NS(=O)(=O)c2ccc(Cl)cc2)c1C. The number of rotatable bonds is 4. The number of aryl methyl sites for hydroxylation is 1. The van der Waals surface area contributed by atoms with Crippen molar-refractivity contribution in [2.24, 2.45) is 0 Å². The number of sulfonamides is 1. The van der Waals surface area contributed by atoms with Crippen LogP contribution in [0.4, 0.5) is 11.4 Å². The molecule has 0 heterocycles. The summed E-state index contributed by atoms with van der Waals surface area (Å²) in [6.07, 6.45) is 0. The van der Waals surface area contributed by atoms with Crippen LogP contribution in [0.5, 0.6) is 0 Å². The van der Waals surface area contributed by atoms with E-state index in [9.17, 15) is 18.5 Å². The molecule has 0 spiro atoms. The van der Waals surface area contributed by atoms with E-state index in [0.29, 0.717) is 10.6 Å². The molecule has 0 atom stereocenters. The zero-order valence-electron chi connectivity index (χ0n) is 11.8. The molecule has 0 saturated carbocycles. The summed E-state index contributed by atoms with van der Waals surface area (Å²) in [5.74, 6) is 0. The first-order valence-corrected chi connectivity index (χ1v) is 8.11. The van der Waals surface area contributed by atoms with E-state index in [1.54, 1.807) is 19.9 Å². The Morgan fingerprint density at radius 1 is 1.09 bits per heavy atom. The van der Waals surface area contributed by atoms with Gasteiger partial charge in [0.05, 0.1) is 9.82 Å². The molecule has 116 valence electrons. The van der Waals surface area contributed by atoms with Gasteiger partial charge in [-0.05, 0) is 49.2 Å². The average Bonchev–Trinajstić information content (AvgIpc) is 2.44. The third-order valence-corrected chi connectivity index (χ3v) is 4.89. The van der Waals surface area contributed by atoms with Crippen molar-refractivity contribution in [2.45, 2.75) is 18.7 Å². The first-order valence-electron chi connectivity index (χ1n) is 6.25. The topological polar surface area (TPSA) is 89.3 Å². The fourth-order valence-corrected chi connectivity index (χ4v) is 3.15. The Kier molecular flexibility index (Phi) is 4.39.